The highest BCUT2D eigenvalue weighted by molar-refractivity contribution is 7.92. The van der Waals surface area contributed by atoms with Crippen LogP contribution >= 0.6 is 0 Å². The van der Waals surface area contributed by atoms with Crippen LogP contribution in [-0.4, -0.2) is 84.1 Å². The first-order chi connectivity index (χ1) is 14.4. The van der Waals surface area contributed by atoms with Gasteiger partial charge in [0, 0.05) is 45.8 Å². The van der Waals surface area contributed by atoms with E-state index in [2.05, 4.69) is 34.4 Å². The summed E-state index contributed by atoms with van der Waals surface area (Å²) < 4.78 is 32.7. The summed E-state index contributed by atoms with van der Waals surface area (Å²) >= 11 is 0. The Kier molecular flexibility index (Phi) is 7.96. The molecule has 0 aromatic heterocycles. The molecule has 1 aromatic carbocycles. The number of sulfonamides is 1. The highest BCUT2D eigenvalue weighted by Gasteiger charge is 2.29. The molecule has 9 heteroatoms. The summed E-state index contributed by atoms with van der Waals surface area (Å²) in [5.41, 5.74) is 1.90. The Morgan fingerprint density at radius 2 is 1.90 bits per heavy atom. The number of nitrogens with one attached hydrogen (secondary N) is 2. The molecule has 1 aromatic rings. The van der Waals surface area contributed by atoms with Gasteiger partial charge in [-0.05, 0) is 24.0 Å². The zero-order valence-corrected chi connectivity index (χ0v) is 19.1. The van der Waals surface area contributed by atoms with Crippen LogP contribution in [0.3, 0.4) is 0 Å². The van der Waals surface area contributed by atoms with E-state index in [0.29, 0.717) is 31.0 Å². The van der Waals surface area contributed by atoms with Crippen molar-refractivity contribution in [1.29, 1.82) is 0 Å². The fourth-order valence-corrected chi connectivity index (χ4v) is 5.55. The predicted octanol–water partition coefficient (Wildman–Crippen LogP) is 0.901. The zero-order valence-electron chi connectivity index (χ0n) is 18.3. The number of hydrogen-bond donors (Lipinski definition) is 2. The van der Waals surface area contributed by atoms with Gasteiger partial charge in [-0.25, -0.2) is 8.42 Å². The first-order valence-corrected chi connectivity index (χ1v) is 12.4. The zero-order chi connectivity index (χ0) is 21.6. The summed E-state index contributed by atoms with van der Waals surface area (Å²) in [6.07, 6.45) is 0.768. The Hall–Kier alpha value is -1.84. The molecule has 0 bridgehead atoms. The maximum absolute atomic E-state index is 12.8. The van der Waals surface area contributed by atoms with Crippen molar-refractivity contribution in [2.45, 2.75) is 26.3 Å². The number of aliphatic imine (C=N–C) groups is 1. The molecule has 0 spiro atoms. The number of para-hydroxylation sites is 1. The fraction of sp³-hybridized carbons (Fsp3) is 0.667. The topological polar surface area (TPSA) is 86.3 Å². The lowest BCUT2D eigenvalue weighted by Gasteiger charge is -2.37. The predicted molar refractivity (Wildman–Crippen MR) is 122 cm³/mol. The molecule has 1 atom stereocenters. The lowest BCUT2D eigenvalue weighted by atomic mass is 10.0. The molecule has 8 nitrogen and oxygen atoms in total. The van der Waals surface area contributed by atoms with Crippen LogP contribution in [0.2, 0.25) is 0 Å². The van der Waals surface area contributed by atoms with E-state index in [9.17, 15) is 8.42 Å². The molecular weight excluding hydrogens is 402 g/mol. The number of fused-ring (bicyclic) bond motifs is 1. The molecule has 0 aliphatic carbocycles. The van der Waals surface area contributed by atoms with Crippen molar-refractivity contribution in [2.75, 3.05) is 63.0 Å². The van der Waals surface area contributed by atoms with Crippen LogP contribution in [0.15, 0.2) is 29.3 Å². The van der Waals surface area contributed by atoms with Gasteiger partial charge in [0.1, 0.15) is 0 Å². The third kappa shape index (κ3) is 5.65. The normalized spacial score (nSPS) is 19.1. The van der Waals surface area contributed by atoms with Crippen molar-refractivity contribution < 1.29 is 13.2 Å². The molecule has 2 aliphatic heterocycles. The highest BCUT2D eigenvalue weighted by atomic mass is 32.2. The van der Waals surface area contributed by atoms with Crippen molar-refractivity contribution in [3.63, 3.8) is 0 Å². The molecule has 30 heavy (non-hydrogen) atoms. The van der Waals surface area contributed by atoms with Gasteiger partial charge >= 0.3 is 0 Å². The van der Waals surface area contributed by atoms with Crippen molar-refractivity contribution in [3.05, 3.63) is 29.8 Å². The second-order valence-corrected chi connectivity index (χ2v) is 10.1. The SMILES string of the molecule is CN=C(NCCS(=O)(=O)N1CCc2ccccc21)NCC(C(C)C)N1CCOCC1. The Balaban J connectivity index is 1.49. The van der Waals surface area contributed by atoms with Gasteiger partial charge in [0.2, 0.25) is 10.0 Å². The van der Waals surface area contributed by atoms with E-state index in [1.807, 2.05) is 24.3 Å². The molecule has 0 radical (unpaired) electrons. The number of ether oxygens (including phenoxy) is 1. The minimum Gasteiger partial charge on any atom is -0.379 e. The van der Waals surface area contributed by atoms with Crippen LogP contribution < -0.4 is 14.9 Å². The molecule has 0 amide bonds. The van der Waals surface area contributed by atoms with Crippen molar-refractivity contribution in [3.8, 4) is 0 Å². The lowest BCUT2D eigenvalue weighted by Crippen LogP contribution is -2.53. The summed E-state index contributed by atoms with van der Waals surface area (Å²) in [7, 11) is -1.67. The Morgan fingerprint density at radius 3 is 2.60 bits per heavy atom. The maximum Gasteiger partial charge on any atom is 0.236 e. The standard InChI is InChI=1S/C21H35N5O3S/c1-17(2)20(25-11-13-29-14-12-25)16-24-21(22-3)23-9-15-30(27,28)26-10-8-18-6-4-5-7-19(18)26/h4-7,17,20H,8-16H2,1-3H3,(H2,22,23,24). The maximum atomic E-state index is 12.8. The third-order valence-electron chi connectivity index (χ3n) is 5.82. The number of guanidine groups is 1. The van der Waals surface area contributed by atoms with Crippen molar-refractivity contribution in [1.82, 2.24) is 15.5 Å². The first-order valence-electron chi connectivity index (χ1n) is 10.8. The van der Waals surface area contributed by atoms with Crippen LogP contribution in [0.4, 0.5) is 5.69 Å². The van der Waals surface area contributed by atoms with Crippen molar-refractivity contribution in [2.24, 2.45) is 10.9 Å². The van der Waals surface area contributed by atoms with Gasteiger partial charge < -0.3 is 15.4 Å². The van der Waals surface area contributed by atoms with Crippen LogP contribution in [0, 0.1) is 5.92 Å². The molecule has 2 N–H and O–H groups in total. The molecular formula is C21H35N5O3S. The summed E-state index contributed by atoms with van der Waals surface area (Å²) in [4.78, 5) is 6.71. The van der Waals surface area contributed by atoms with Gasteiger partial charge in [0.15, 0.2) is 5.96 Å². The fourth-order valence-electron chi connectivity index (χ4n) is 4.12. The summed E-state index contributed by atoms with van der Waals surface area (Å²) in [5.74, 6) is 1.15. The smallest absolute Gasteiger partial charge is 0.236 e. The van der Waals surface area contributed by atoms with Gasteiger partial charge in [0.05, 0.1) is 24.7 Å². The van der Waals surface area contributed by atoms with Gasteiger partial charge in [0.25, 0.3) is 0 Å². The molecule has 1 fully saturated rings. The van der Waals surface area contributed by atoms with Crippen LogP contribution in [0.1, 0.15) is 19.4 Å². The number of nitrogens with zero attached hydrogens (tertiary/aromatic N) is 3. The van der Waals surface area contributed by atoms with E-state index in [1.54, 1.807) is 7.05 Å². The van der Waals surface area contributed by atoms with Gasteiger partial charge in [-0.2, -0.15) is 0 Å². The highest BCUT2D eigenvalue weighted by Crippen LogP contribution is 2.29. The largest absolute Gasteiger partial charge is 0.379 e. The molecule has 2 aliphatic rings. The third-order valence-corrected chi connectivity index (χ3v) is 7.59. The van der Waals surface area contributed by atoms with E-state index >= 15 is 0 Å². The lowest BCUT2D eigenvalue weighted by molar-refractivity contribution is 0.00752. The van der Waals surface area contributed by atoms with Crippen molar-refractivity contribution >= 4 is 21.7 Å². The van der Waals surface area contributed by atoms with E-state index < -0.39 is 10.0 Å². The number of hydrogen-bond acceptors (Lipinski definition) is 5. The van der Waals surface area contributed by atoms with Crippen LogP contribution in [0.5, 0.6) is 0 Å². The Bertz CT molecular complexity index is 822. The Morgan fingerprint density at radius 1 is 1.17 bits per heavy atom. The van der Waals surface area contributed by atoms with Gasteiger partial charge in [-0.3, -0.25) is 14.2 Å². The first kappa shape index (κ1) is 22.8. The van der Waals surface area contributed by atoms with E-state index in [-0.39, 0.29) is 5.75 Å². The Labute approximate surface area is 180 Å². The van der Waals surface area contributed by atoms with Gasteiger partial charge in [-0.15, -0.1) is 0 Å². The number of anilines is 1. The minimum atomic E-state index is -3.37. The number of benzene rings is 1. The quantitative estimate of drug-likeness (QED) is 0.464. The number of morpholine rings is 1. The van der Waals surface area contributed by atoms with E-state index in [0.717, 1.165) is 50.5 Å². The summed E-state index contributed by atoms with van der Waals surface area (Å²) in [6.45, 7) is 9.44. The van der Waals surface area contributed by atoms with Crippen LogP contribution in [0.25, 0.3) is 0 Å². The molecule has 168 valence electrons. The van der Waals surface area contributed by atoms with E-state index in [1.165, 1.54) is 4.31 Å². The van der Waals surface area contributed by atoms with Gasteiger partial charge in [-0.1, -0.05) is 32.0 Å². The monoisotopic (exact) mass is 437 g/mol. The molecule has 2 heterocycles. The van der Waals surface area contributed by atoms with Crippen LogP contribution in [-0.2, 0) is 21.2 Å². The average Bonchev–Trinajstić information content (AvgIpc) is 3.18. The molecule has 1 saturated heterocycles. The molecule has 0 saturated carbocycles. The van der Waals surface area contributed by atoms with E-state index in [4.69, 9.17) is 4.74 Å². The molecule has 3 rings (SSSR count). The second kappa shape index (κ2) is 10.5. The minimum absolute atomic E-state index is 0.0269. The second-order valence-electron chi connectivity index (χ2n) is 8.11. The summed E-state index contributed by atoms with van der Waals surface area (Å²) in [5, 5.41) is 6.53. The average molecular weight is 438 g/mol. The molecule has 1 unspecified atom stereocenters. The summed E-state index contributed by atoms with van der Waals surface area (Å²) in [6, 6.07) is 8.08. The number of rotatable bonds is 8.